The molecule has 4 rings (SSSR count). The van der Waals surface area contributed by atoms with Crippen LogP contribution in [0, 0.1) is 0 Å². The fourth-order valence-electron chi connectivity index (χ4n) is 3.87. The Morgan fingerprint density at radius 2 is 1.69 bits per heavy atom. The zero-order valence-corrected chi connectivity index (χ0v) is 14.6. The molecule has 0 atom stereocenters. The van der Waals surface area contributed by atoms with E-state index in [1.807, 2.05) is 0 Å². The largest absolute Gasteiger partial charge is 0.445 e. The maximum Gasteiger partial charge on any atom is 0.415 e. The van der Waals surface area contributed by atoms with E-state index >= 15 is 0 Å². The molecule has 5 nitrogen and oxygen atoms in total. The Bertz CT molecular complexity index is 729. The molecule has 1 amide bonds. The van der Waals surface area contributed by atoms with Crippen molar-refractivity contribution >= 4 is 11.9 Å². The Hall–Kier alpha value is -1.80. The topological polar surface area (TPSA) is 47.4 Å². The van der Waals surface area contributed by atoms with Crippen LogP contribution >= 0.6 is 0 Å². The van der Waals surface area contributed by atoms with Crippen molar-refractivity contribution < 1.29 is 27.1 Å². The van der Waals surface area contributed by atoms with Crippen molar-refractivity contribution in [1.82, 2.24) is 9.78 Å². The van der Waals surface area contributed by atoms with Gasteiger partial charge in [0, 0.05) is 51.3 Å². The minimum absolute atomic E-state index is 0.200. The molecule has 3 aliphatic rings. The highest BCUT2D eigenvalue weighted by Crippen LogP contribution is 2.54. The first-order chi connectivity index (χ1) is 12.1. The van der Waals surface area contributed by atoms with Gasteiger partial charge in [0.1, 0.15) is 11.9 Å². The van der Waals surface area contributed by atoms with Gasteiger partial charge in [-0.3, -0.25) is 9.58 Å². The lowest BCUT2D eigenvalue weighted by atomic mass is 9.77. The maximum absolute atomic E-state index is 13.3. The number of aryl methyl sites for hydroxylation is 1. The molecule has 3 fully saturated rings. The Morgan fingerprint density at radius 1 is 1.12 bits per heavy atom. The number of ether oxygens (including phenoxy) is 1. The van der Waals surface area contributed by atoms with Crippen LogP contribution in [0.3, 0.4) is 0 Å². The van der Waals surface area contributed by atoms with Crippen molar-refractivity contribution in [2.24, 2.45) is 7.05 Å². The first-order valence-corrected chi connectivity index (χ1v) is 8.83. The Balaban J connectivity index is 1.54. The normalized spacial score (nSPS) is 24.7. The second-order valence-corrected chi connectivity index (χ2v) is 7.81. The van der Waals surface area contributed by atoms with Crippen molar-refractivity contribution in [3.05, 3.63) is 11.3 Å². The van der Waals surface area contributed by atoms with Crippen LogP contribution < -0.4 is 4.90 Å². The lowest BCUT2D eigenvalue weighted by Gasteiger charge is -2.35. The quantitative estimate of drug-likeness (QED) is 0.742. The summed E-state index contributed by atoms with van der Waals surface area (Å²) in [5.41, 5.74) is 1.46. The summed E-state index contributed by atoms with van der Waals surface area (Å²) in [4.78, 5) is 13.6. The fourth-order valence-corrected chi connectivity index (χ4v) is 3.87. The number of carbonyl (C=O) groups excluding carboxylic acids is 1. The molecular formula is C17H21F4N3O2. The number of rotatable bonds is 4. The van der Waals surface area contributed by atoms with Gasteiger partial charge in [-0.25, -0.2) is 22.4 Å². The van der Waals surface area contributed by atoms with Crippen LogP contribution in [0.4, 0.5) is 28.2 Å². The van der Waals surface area contributed by atoms with Crippen LogP contribution in [-0.2, 0) is 11.8 Å². The third-order valence-corrected chi connectivity index (χ3v) is 5.46. The summed E-state index contributed by atoms with van der Waals surface area (Å²) in [7, 11) is 3.16. The summed E-state index contributed by atoms with van der Waals surface area (Å²) in [6.45, 7) is 0. The van der Waals surface area contributed by atoms with Crippen LogP contribution in [0.15, 0.2) is 0 Å². The van der Waals surface area contributed by atoms with E-state index < -0.39 is 36.9 Å². The molecule has 0 radical (unpaired) electrons. The summed E-state index contributed by atoms with van der Waals surface area (Å²) in [6.07, 6.45) is -1.04. The lowest BCUT2D eigenvalue weighted by Crippen LogP contribution is -2.44. The van der Waals surface area contributed by atoms with Gasteiger partial charge in [-0.2, -0.15) is 5.10 Å². The number of halogens is 4. The van der Waals surface area contributed by atoms with E-state index in [4.69, 9.17) is 4.74 Å². The summed E-state index contributed by atoms with van der Waals surface area (Å²) < 4.78 is 59.1. The van der Waals surface area contributed by atoms with Crippen molar-refractivity contribution in [3.63, 3.8) is 0 Å². The van der Waals surface area contributed by atoms with Gasteiger partial charge in [0.15, 0.2) is 0 Å². The average Bonchev–Trinajstić information content (AvgIpc) is 3.25. The molecule has 1 aromatic heterocycles. The molecule has 0 unspecified atom stereocenters. The standard InChI is InChI=1S/C17H21F4N3O2/c1-23(15(25)26-11-7-17(20,21)8-11)14-12(9-3-4-9)13(22-24(14)2)10-5-16(18,19)6-10/h9-11H,3-8H2,1-2H3. The zero-order chi connectivity index (χ0) is 18.9. The second kappa shape index (κ2) is 5.60. The summed E-state index contributed by atoms with van der Waals surface area (Å²) in [5.74, 6) is -5.02. The van der Waals surface area contributed by atoms with Gasteiger partial charge in [0.2, 0.25) is 5.92 Å². The third-order valence-electron chi connectivity index (χ3n) is 5.46. The third kappa shape index (κ3) is 3.05. The SMILES string of the molecule is CN(C(=O)OC1CC(F)(F)C1)c1c(C2CC2)c(C2CC(F)(F)C2)nn1C. The Labute approximate surface area is 148 Å². The van der Waals surface area contributed by atoms with Gasteiger partial charge < -0.3 is 4.74 Å². The predicted octanol–water partition coefficient (Wildman–Crippen LogP) is 4.18. The Morgan fingerprint density at radius 3 is 2.19 bits per heavy atom. The summed E-state index contributed by atoms with van der Waals surface area (Å²) in [6, 6.07) is 0. The van der Waals surface area contributed by atoms with Crippen molar-refractivity contribution in [2.45, 2.75) is 68.3 Å². The molecule has 1 heterocycles. The molecule has 1 aromatic rings. The molecule has 0 bridgehead atoms. The average molecular weight is 375 g/mol. The molecule has 0 saturated heterocycles. The molecule has 9 heteroatoms. The van der Waals surface area contributed by atoms with Crippen LogP contribution in [0.1, 0.15) is 61.6 Å². The first kappa shape index (κ1) is 17.6. The molecule has 0 spiro atoms. The van der Waals surface area contributed by atoms with Gasteiger partial charge in [0.05, 0.1) is 5.69 Å². The second-order valence-electron chi connectivity index (χ2n) is 7.81. The highest BCUT2D eigenvalue weighted by atomic mass is 19.3. The van der Waals surface area contributed by atoms with Gasteiger partial charge in [-0.05, 0) is 18.8 Å². The van der Waals surface area contributed by atoms with Gasteiger partial charge >= 0.3 is 6.09 Å². The highest BCUT2D eigenvalue weighted by molar-refractivity contribution is 5.87. The van der Waals surface area contributed by atoms with E-state index in [0.29, 0.717) is 11.5 Å². The van der Waals surface area contributed by atoms with Gasteiger partial charge in [0.25, 0.3) is 5.92 Å². The molecule has 26 heavy (non-hydrogen) atoms. The van der Waals surface area contributed by atoms with E-state index in [-0.39, 0.29) is 24.7 Å². The number of carbonyl (C=O) groups is 1. The molecule has 144 valence electrons. The number of aromatic nitrogens is 2. The number of hydrogen-bond acceptors (Lipinski definition) is 3. The minimum atomic E-state index is -2.77. The van der Waals surface area contributed by atoms with Crippen LogP contribution in [-0.4, -0.2) is 40.9 Å². The number of anilines is 1. The van der Waals surface area contributed by atoms with Gasteiger partial charge in [-0.15, -0.1) is 0 Å². The summed E-state index contributed by atoms with van der Waals surface area (Å²) in [5, 5.41) is 4.41. The van der Waals surface area contributed by atoms with E-state index in [9.17, 15) is 22.4 Å². The van der Waals surface area contributed by atoms with Gasteiger partial charge in [-0.1, -0.05) is 0 Å². The number of hydrogen-bond donors (Lipinski definition) is 0. The van der Waals surface area contributed by atoms with Crippen molar-refractivity contribution in [3.8, 4) is 0 Å². The molecule has 0 aliphatic heterocycles. The molecular weight excluding hydrogens is 354 g/mol. The summed E-state index contributed by atoms with van der Waals surface area (Å²) >= 11 is 0. The predicted molar refractivity (Wildman–Crippen MR) is 85.0 cm³/mol. The van der Waals surface area contributed by atoms with Crippen molar-refractivity contribution in [2.75, 3.05) is 11.9 Å². The molecule has 0 aromatic carbocycles. The van der Waals surface area contributed by atoms with Crippen LogP contribution in [0.2, 0.25) is 0 Å². The van der Waals surface area contributed by atoms with E-state index in [1.165, 1.54) is 16.6 Å². The molecule has 3 aliphatic carbocycles. The number of nitrogens with zero attached hydrogens (tertiary/aromatic N) is 3. The molecule has 0 N–H and O–H groups in total. The first-order valence-electron chi connectivity index (χ1n) is 8.83. The van der Waals surface area contributed by atoms with E-state index in [0.717, 1.165) is 18.4 Å². The lowest BCUT2D eigenvalue weighted by molar-refractivity contribution is -0.143. The fraction of sp³-hybridized carbons (Fsp3) is 0.765. The Kier molecular flexibility index (Phi) is 3.79. The zero-order valence-electron chi connectivity index (χ0n) is 14.6. The van der Waals surface area contributed by atoms with Crippen LogP contribution in [0.25, 0.3) is 0 Å². The monoisotopic (exact) mass is 375 g/mol. The van der Waals surface area contributed by atoms with Crippen LogP contribution in [0.5, 0.6) is 0 Å². The molecule has 3 saturated carbocycles. The smallest absolute Gasteiger partial charge is 0.415 e. The minimum Gasteiger partial charge on any atom is -0.445 e. The highest BCUT2D eigenvalue weighted by Gasteiger charge is 2.50. The number of amides is 1. The number of alkyl halides is 4. The van der Waals surface area contributed by atoms with E-state index in [2.05, 4.69) is 5.10 Å². The van der Waals surface area contributed by atoms with E-state index in [1.54, 1.807) is 7.05 Å². The maximum atomic E-state index is 13.3. The van der Waals surface area contributed by atoms with Crippen molar-refractivity contribution in [1.29, 1.82) is 0 Å².